The van der Waals surface area contributed by atoms with Crippen molar-refractivity contribution in [2.75, 3.05) is 29.8 Å². The number of ether oxygens (including phenoxy) is 2. The molecule has 1 aliphatic rings. The summed E-state index contributed by atoms with van der Waals surface area (Å²) >= 11 is 6.22. The van der Waals surface area contributed by atoms with Gasteiger partial charge in [0.15, 0.2) is 0 Å². The van der Waals surface area contributed by atoms with Gasteiger partial charge in [0.2, 0.25) is 0 Å². The maximum absolute atomic E-state index is 13.1. The summed E-state index contributed by atoms with van der Waals surface area (Å²) < 4.78 is 10.5. The number of halogens is 1. The van der Waals surface area contributed by atoms with Crippen molar-refractivity contribution in [3.63, 3.8) is 0 Å². The van der Waals surface area contributed by atoms with Gasteiger partial charge in [0.25, 0.3) is 17.7 Å². The molecule has 0 spiro atoms. The van der Waals surface area contributed by atoms with Gasteiger partial charge in [-0.05, 0) is 48.5 Å². The zero-order chi connectivity index (χ0) is 25.1. The third kappa shape index (κ3) is 4.75. The number of carbonyl (C=O) groups is 3. The molecule has 4 rings (SSSR count). The lowest BCUT2D eigenvalue weighted by atomic mass is 10.2. The fourth-order valence-electron chi connectivity index (χ4n) is 3.44. The number of nitrogens with one attached hydrogen (secondary N) is 2. The zero-order valence-electron chi connectivity index (χ0n) is 18.7. The molecule has 0 fully saturated rings. The topological polar surface area (TPSA) is 117 Å². The van der Waals surface area contributed by atoms with Crippen LogP contribution in [0.5, 0.6) is 17.2 Å². The maximum Gasteiger partial charge on any atom is 0.283 e. The van der Waals surface area contributed by atoms with Crippen LogP contribution >= 0.6 is 11.6 Å². The minimum atomic E-state index is -0.715. The van der Waals surface area contributed by atoms with Crippen molar-refractivity contribution in [1.82, 2.24) is 0 Å². The van der Waals surface area contributed by atoms with E-state index in [0.717, 1.165) is 4.90 Å². The van der Waals surface area contributed by atoms with Gasteiger partial charge in [0.1, 0.15) is 28.0 Å². The minimum absolute atomic E-state index is 0.0314. The van der Waals surface area contributed by atoms with Gasteiger partial charge in [0, 0.05) is 29.1 Å². The van der Waals surface area contributed by atoms with Crippen LogP contribution in [-0.4, -0.2) is 37.0 Å². The molecule has 10 heteroatoms. The summed E-state index contributed by atoms with van der Waals surface area (Å²) in [4.78, 5) is 39.3. The van der Waals surface area contributed by atoms with Crippen LogP contribution in [0.3, 0.4) is 0 Å². The summed E-state index contributed by atoms with van der Waals surface area (Å²) in [5, 5.41) is 14.8. The number of benzene rings is 3. The predicted octanol–water partition coefficient (Wildman–Crippen LogP) is 4.10. The molecule has 1 heterocycles. The van der Waals surface area contributed by atoms with Gasteiger partial charge in [-0.3, -0.25) is 14.4 Å². The van der Waals surface area contributed by atoms with E-state index in [2.05, 4.69) is 10.6 Å². The van der Waals surface area contributed by atoms with Crippen LogP contribution in [-0.2, 0) is 9.59 Å². The van der Waals surface area contributed by atoms with Crippen molar-refractivity contribution < 1.29 is 29.0 Å². The number of rotatable bonds is 7. The predicted molar refractivity (Wildman–Crippen MR) is 131 cm³/mol. The molecule has 35 heavy (non-hydrogen) atoms. The summed E-state index contributed by atoms with van der Waals surface area (Å²) in [6.45, 7) is 0. The van der Waals surface area contributed by atoms with Crippen LogP contribution in [0.15, 0.2) is 77.5 Å². The van der Waals surface area contributed by atoms with Gasteiger partial charge in [-0.25, -0.2) is 4.90 Å². The number of phenols is 1. The van der Waals surface area contributed by atoms with E-state index in [1.165, 1.54) is 32.4 Å². The van der Waals surface area contributed by atoms with Crippen molar-refractivity contribution in [3.05, 3.63) is 83.0 Å². The number of anilines is 3. The van der Waals surface area contributed by atoms with E-state index in [1.807, 2.05) is 0 Å². The normalized spacial score (nSPS) is 13.2. The Morgan fingerprint density at radius 2 is 1.66 bits per heavy atom. The Kier molecular flexibility index (Phi) is 6.61. The average molecular weight is 494 g/mol. The molecule has 0 saturated heterocycles. The van der Waals surface area contributed by atoms with Gasteiger partial charge >= 0.3 is 0 Å². The Bertz CT molecular complexity index is 1350. The highest BCUT2D eigenvalue weighted by Gasteiger charge is 2.40. The molecule has 3 amide bonds. The minimum Gasteiger partial charge on any atom is -0.508 e. The first kappa shape index (κ1) is 23.7. The monoisotopic (exact) mass is 493 g/mol. The van der Waals surface area contributed by atoms with Crippen LogP contribution in [0.2, 0.25) is 0 Å². The van der Waals surface area contributed by atoms with E-state index in [0.29, 0.717) is 28.4 Å². The maximum atomic E-state index is 13.1. The molecule has 0 bridgehead atoms. The number of carbonyl (C=O) groups excluding carboxylic acids is 3. The molecular weight excluding hydrogens is 474 g/mol. The Balaban J connectivity index is 1.52. The molecule has 0 atom stereocenters. The number of hydrogen-bond acceptors (Lipinski definition) is 7. The van der Waals surface area contributed by atoms with Gasteiger partial charge in [-0.2, -0.15) is 0 Å². The van der Waals surface area contributed by atoms with E-state index >= 15 is 0 Å². The lowest BCUT2D eigenvalue weighted by molar-refractivity contribution is -0.120. The van der Waals surface area contributed by atoms with Crippen LogP contribution < -0.4 is 25.0 Å². The lowest BCUT2D eigenvalue weighted by Gasteiger charge is -2.19. The highest BCUT2D eigenvalue weighted by molar-refractivity contribution is 6.53. The fourth-order valence-corrected chi connectivity index (χ4v) is 3.65. The second kappa shape index (κ2) is 9.78. The number of methoxy groups -OCH3 is 2. The van der Waals surface area contributed by atoms with E-state index in [9.17, 15) is 19.5 Å². The second-order valence-electron chi connectivity index (χ2n) is 7.38. The summed E-state index contributed by atoms with van der Waals surface area (Å²) in [5.74, 6) is -1.02. The first-order valence-electron chi connectivity index (χ1n) is 10.3. The van der Waals surface area contributed by atoms with Gasteiger partial charge in [-0.1, -0.05) is 17.7 Å². The molecule has 0 aliphatic carbocycles. The van der Waals surface area contributed by atoms with Crippen molar-refractivity contribution >= 4 is 46.4 Å². The zero-order valence-corrected chi connectivity index (χ0v) is 19.4. The van der Waals surface area contributed by atoms with Gasteiger partial charge in [-0.15, -0.1) is 0 Å². The quantitative estimate of drug-likeness (QED) is 0.424. The van der Waals surface area contributed by atoms with Crippen LogP contribution in [0.4, 0.5) is 17.1 Å². The molecule has 0 unspecified atom stereocenters. The molecule has 3 aromatic carbocycles. The van der Waals surface area contributed by atoms with Crippen LogP contribution in [0, 0.1) is 0 Å². The molecule has 3 aromatic rings. The van der Waals surface area contributed by atoms with Gasteiger partial charge < -0.3 is 25.2 Å². The van der Waals surface area contributed by atoms with E-state index in [-0.39, 0.29) is 28.1 Å². The molecule has 0 radical (unpaired) electrons. The number of aromatic hydroxyl groups is 1. The summed E-state index contributed by atoms with van der Waals surface area (Å²) in [5.41, 5.74) is 1.30. The largest absolute Gasteiger partial charge is 0.508 e. The third-order valence-electron chi connectivity index (χ3n) is 5.17. The Morgan fingerprint density at radius 3 is 2.31 bits per heavy atom. The number of hydrogen-bond donors (Lipinski definition) is 3. The SMILES string of the molecule is COc1ccc(OC)c(N2C(=O)C(Cl)=C(Nc3ccc(C(=O)Nc4cccc(O)c4)cc3)C2=O)c1. The van der Waals surface area contributed by atoms with E-state index < -0.39 is 11.8 Å². The summed E-state index contributed by atoms with van der Waals surface area (Å²) in [6, 6.07) is 17.1. The first-order valence-corrected chi connectivity index (χ1v) is 10.7. The molecule has 9 nitrogen and oxygen atoms in total. The van der Waals surface area contributed by atoms with Crippen molar-refractivity contribution in [1.29, 1.82) is 0 Å². The molecular formula is C25H20ClN3O6. The average Bonchev–Trinajstić information content (AvgIpc) is 3.07. The highest BCUT2D eigenvalue weighted by Crippen LogP contribution is 2.38. The Hall–Kier alpha value is -4.50. The number of imide groups is 1. The van der Waals surface area contributed by atoms with Gasteiger partial charge in [0.05, 0.1) is 19.9 Å². The third-order valence-corrected chi connectivity index (χ3v) is 5.53. The summed E-state index contributed by atoms with van der Waals surface area (Å²) in [6.07, 6.45) is 0. The first-order chi connectivity index (χ1) is 16.8. The molecule has 1 aliphatic heterocycles. The number of phenolic OH excluding ortho intramolecular Hbond substituents is 1. The molecule has 0 aromatic heterocycles. The lowest BCUT2D eigenvalue weighted by Crippen LogP contribution is -2.32. The Morgan fingerprint density at radius 1 is 0.914 bits per heavy atom. The Labute approximate surface area is 205 Å². The van der Waals surface area contributed by atoms with Crippen molar-refractivity contribution in [2.24, 2.45) is 0 Å². The van der Waals surface area contributed by atoms with Crippen molar-refractivity contribution in [2.45, 2.75) is 0 Å². The molecule has 3 N–H and O–H groups in total. The molecule has 178 valence electrons. The van der Waals surface area contributed by atoms with Crippen molar-refractivity contribution in [3.8, 4) is 17.2 Å². The summed E-state index contributed by atoms with van der Waals surface area (Å²) in [7, 11) is 2.88. The second-order valence-corrected chi connectivity index (χ2v) is 7.76. The standard InChI is InChI=1S/C25H20ClN3O6/c1-34-18-10-11-20(35-2)19(13-18)29-24(32)21(26)22(25(29)33)27-15-8-6-14(7-9-15)23(31)28-16-4-3-5-17(30)12-16/h3-13,27,30H,1-2H3,(H,28,31). The smallest absolute Gasteiger partial charge is 0.283 e. The number of amides is 3. The highest BCUT2D eigenvalue weighted by atomic mass is 35.5. The fraction of sp³-hybridized carbons (Fsp3) is 0.0800. The van der Waals surface area contributed by atoms with Crippen LogP contribution in [0.25, 0.3) is 0 Å². The van der Waals surface area contributed by atoms with Crippen LogP contribution in [0.1, 0.15) is 10.4 Å². The number of nitrogens with zero attached hydrogens (tertiary/aromatic N) is 1. The molecule has 0 saturated carbocycles. The van der Waals surface area contributed by atoms with E-state index in [4.69, 9.17) is 21.1 Å². The van der Waals surface area contributed by atoms with E-state index in [1.54, 1.807) is 48.5 Å².